The van der Waals surface area contributed by atoms with Crippen LogP contribution in [0.3, 0.4) is 0 Å². The van der Waals surface area contributed by atoms with Crippen LogP contribution in [-0.2, 0) is 10.3 Å². The first-order valence-corrected chi connectivity index (χ1v) is 6.49. The molecule has 0 spiro atoms. The fourth-order valence-electron chi connectivity index (χ4n) is 2.51. The molecule has 0 aromatic heterocycles. The molecule has 1 heterocycles. The van der Waals surface area contributed by atoms with E-state index in [9.17, 15) is 9.90 Å². The lowest BCUT2D eigenvalue weighted by atomic mass is 9.88. The van der Waals surface area contributed by atoms with Gasteiger partial charge in [0.2, 0.25) is 0 Å². The number of aromatic hydroxyl groups is 1. The van der Waals surface area contributed by atoms with E-state index in [4.69, 9.17) is 4.74 Å². The average Bonchev–Trinajstić information content (AvgIpc) is 2.50. The van der Waals surface area contributed by atoms with E-state index in [0.29, 0.717) is 11.5 Å². The number of phenolic OH excluding ortho intramolecular Hbond substituents is 1. The smallest absolute Gasteiger partial charge is 0.339 e. The van der Waals surface area contributed by atoms with Gasteiger partial charge in [-0.2, -0.15) is 0 Å². The van der Waals surface area contributed by atoms with Crippen molar-refractivity contribution in [3.05, 3.63) is 29.3 Å². The molecule has 0 saturated carbocycles. The number of benzene rings is 1. The molecule has 1 aliphatic heterocycles. The summed E-state index contributed by atoms with van der Waals surface area (Å²) < 4.78 is 5.51. The third-order valence-corrected chi connectivity index (χ3v) is 3.55. The Morgan fingerprint density at radius 1 is 1.39 bits per heavy atom. The lowest BCUT2D eigenvalue weighted by molar-refractivity contribution is -0.00444. The molecule has 0 fully saturated rings. The Balaban J connectivity index is 2.19. The van der Waals surface area contributed by atoms with Crippen molar-refractivity contribution >= 4 is 5.97 Å². The summed E-state index contributed by atoms with van der Waals surface area (Å²) >= 11 is 0. The first-order valence-electron chi connectivity index (χ1n) is 6.49. The van der Waals surface area contributed by atoms with Crippen LogP contribution < -0.4 is 0 Å². The van der Waals surface area contributed by atoms with E-state index in [1.807, 2.05) is 6.92 Å². The summed E-state index contributed by atoms with van der Waals surface area (Å²) in [5, 5.41) is 9.43. The summed E-state index contributed by atoms with van der Waals surface area (Å²) in [7, 11) is 0. The van der Waals surface area contributed by atoms with Crippen LogP contribution in [0.15, 0.2) is 18.2 Å². The van der Waals surface area contributed by atoms with Gasteiger partial charge in [0, 0.05) is 5.56 Å². The van der Waals surface area contributed by atoms with E-state index in [1.54, 1.807) is 12.1 Å². The van der Waals surface area contributed by atoms with Crippen LogP contribution in [0, 0.1) is 5.92 Å². The van der Waals surface area contributed by atoms with Crippen molar-refractivity contribution in [2.24, 2.45) is 5.92 Å². The molecule has 0 bridgehead atoms. The number of cyclic esters (lactones) is 1. The van der Waals surface area contributed by atoms with Crippen molar-refractivity contribution in [2.45, 2.75) is 45.6 Å². The second-order valence-corrected chi connectivity index (χ2v) is 5.64. The molecule has 1 N–H and O–H groups in total. The van der Waals surface area contributed by atoms with Crippen molar-refractivity contribution in [3.8, 4) is 5.75 Å². The third kappa shape index (κ3) is 2.35. The molecular weight excluding hydrogens is 228 g/mol. The van der Waals surface area contributed by atoms with Crippen LogP contribution >= 0.6 is 0 Å². The number of phenols is 1. The van der Waals surface area contributed by atoms with Crippen LogP contribution in [0.1, 0.15) is 56.0 Å². The van der Waals surface area contributed by atoms with Crippen molar-refractivity contribution in [2.75, 3.05) is 0 Å². The van der Waals surface area contributed by atoms with E-state index < -0.39 is 5.60 Å². The van der Waals surface area contributed by atoms with Crippen molar-refractivity contribution in [1.82, 2.24) is 0 Å². The Kier molecular flexibility index (Phi) is 3.33. The van der Waals surface area contributed by atoms with Gasteiger partial charge in [-0.15, -0.1) is 0 Å². The van der Waals surface area contributed by atoms with Gasteiger partial charge in [-0.05, 0) is 37.8 Å². The molecule has 0 saturated heterocycles. The molecule has 1 unspecified atom stereocenters. The number of carbonyl (C=O) groups is 1. The largest absolute Gasteiger partial charge is 0.508 e. The predicted molar refractivity (Wildman–Crippen MR) is 69.6 cm³/mol. The second-order valence-electron chi connectivity index (χ2n) is 5.64. The van der Waals surface area contributed by atoms with Gasteiger partial charge in [0.15, 0.2) is 0 Å². The molecule has 1 aromatic rings. The highest BCUT2D eigenvalue weighted by molar-refractivity contribution is 5.95. The van der Waals surface area contributed by atoms with Gasteiger partial charge in [-0.3, -0.25) is 0 Å². The monoisotopic (exact) mass is 248 g/mol. The quantitative estimate of drug-likeness (QED) is 0.828. The molecule has 1 atom stereocenters. The van der Waals surface area contributed by atoms with Gasteiger partial charge in [0.25, 0.3) is 0 Å². The van der Waals surface area contributed by atoms with Crippen LogP contribution in [0.5, 0.6) is 5.75 Å². The van der Waals surface area contributed by atoms with E-state index in [2.05, 4.69) is 13.8 Å². The number of rotatable bonds is 4. The molecule has 2 rings (SSSR count). The molecule has 18 heavy (non-hydrogen) atoms. The highest BCUT2D eigenvalue weighted by atomic mass is 16.6. The summed E-state index contributed by atoms with van der Waals surface area (Å²) in [6.45, 7) is 6.33. The van der Waals surface area contributed by atoms with Gasteiger partial charge in [0.05, 0.1) is 5.56 Å². The number of fused-ring (bicyclic) bond motifs is 1. The van der Waals surface area contributed by atoms with E-state index >= 15 is 0 Å². The first-order chi connectivity index (χ1) is 8.42. The topological polar surface area (TPSA) is 46.5 Å². The number of ether oxygens (including phenoxy) is 1. The molecule has 0 aliphatic carbocycles. The average molecular weight is 248 g/mol. The second kappa shape index (κ2) is 4.63. The molecule has 3 nitrogen and oxygen atoms in total. The minimum Gasteiger partial charge on any atom is -0.508 e. The van der Waals surface area contributed by atoms with Gasteiger partial charge in [-0.1, -0.05) is 26.3 Å². The van der Waals surface area contributed by atoms with E-state index in [1.165, 1.54) is 6.07 Å². The number of hydrogen-bond donors (Lipinski definition) is 1. The lowest BCUT2D eigenvalue weighted by Crippen LogP contribution is -2.21. The van der Waals surface area contributed by atoms with Crippen LogP contribution in [0.4, 0.5) is 0 Å². The maximum Gasteiger partial charge on any atom is 0.339 e. The molecule has 1 aromatic carbocycles. The zero-order valence-electron chi connectivity index (χ0n) is 11.2. The van der Waals surface area contributed by atoms with Crippen molar-refractivity contribution in [3.63, 3.8) is 0 Å². The lowest BCUT2D eigenvalue weighted by Gasteiger charge is -2.24. The van der Waals surface area contributed by atoms with E-state index in [-0.39, 0.29) is 11.7 Å². The summed E-state index contributed by atoms with van der Waals surface area (Å²) in [5.41, 5.74) is 0.866. The Morgan fingerprint density at radius 3 is 2.78 bits per heavy atom. The standard InChI is InChI=1S/C15H20O3/c1-10(2)5-4-8-15(3)13-7-6-11(16)9-12(13)14(17)18-15/h6-7,9-10,16H,4-5,8H2,1-3H3. The van der Waals surface area contributed by atoms with Gasteiger partial charge < -0.3 is 9.84 Å². The number of hydrogen-bond acceptors (Lipinski definition) is 3. The van der Waals surface area contributed by atoms with Gasteiger partial charge in [0.1, 0.15) is 11.4 Å². The van der Waals surface area contributed by atoms with Crippen LogP contribution in [0.2, 0.25) is 0 Å². The fraction of sp³-hybridized carbons (Fsp3) is 0.533. The van der Waals surface area contributed by atoms with Gasteiger partial charge >= 0.3 is 5.97 Å². The van der Waals surface area contributed by atoms with E-state index in [0.717, 1.165) is 24.8 Å². The minimum atomic E-state index is -0.533. The molecular formula is C15H20O3. The number of carbonyl (C=O) groups excluding carboxylic acids is 1. The minimum absolute atomic E-state index is 0.108. The third-order valence-electron chi connectivity index (χ3n) is 3.55. The normalized spacial score (nSPS) is 22.1. The maximum atomic E-state index is 11.8. The molecule has 0 radical (unpaired) electrons. The fourth-order valence-corrected chi connectivity index (χ4v) is 2.51. The zero-order valence-corrected chi connectivity index (χ0v) is 11.2. The Bertz CT molecular complexity index is 465. The molecule has 0 amide bonds. The summed E-state index contributed by atoms with van der Waals surface area (Å²) in [6.07, 6.45) is 2.98. The highest BCUT2D eigenvalue weighted by Crippen LogP contribution is 2.41. The Labute approximate surface area is 108 Å². The Morgan fingerprint density at radius 2 is 2.11 bits per heavy atom. The highest BCUT2D eigenvalue weighted by Gasteiger charge is 2.41. The predicted octanol–water partition coefficient (Wildman–Crippen LogP) is 3.60. The van der Waals surface area contributed by atoms with Crippen molar-refractivity contribution < 1.29 is 14.6 Å². The SMILES string of the molecule is CC(C)CCCC1(C)OC(=O)c2cc(O)ccc21. The summed E-state index contributed by atoms with van der Waals surface area (Å²) in [6, 6.07) is 4.90. The molecule has 98 valence electrons. The summed E-state index contributed by atoms with van der Waals surface area (Å²) in [5.74, 6) is 0.440. The maximum absolute atomic E-state index is 11.8. The van der Waals surface area contributed by atoms with Crippen molar-refractivity contribution in [1.29, 1.82) is 0 Å². The van der Waals surface area contributed by atoms with Gasteiger partial charge in [-0.25, -0.2) is 4.79 Å². The Hall–Kier alpha value is -1.51. The first kappa shape index (κ1) is 12.9. The summed E-state index contributed by atoms with van der Waals surface area (Å²) in [4.78, 5) is 11.8. The molecule has 3 heteroatoms. The molecule has 1 aliphatic rings. The zero-order chi connectivity index (χ0) is 13.3. The van der Waals surface area contributed by atoms with Crippen LogP contribution in [-0.4, -0.2) is 11.1 Å². The van der Waals surface area contributed by atoms with Crippen LogP contribution in [0.25, 0.3) is 0 Å². The number of esters is 1.